The van der Waals surface area contributed by atoms with Crippen LogP contribution in [0.25, 0.3) is 11.4 Å². The standard InChI is InChI=1S/C16H20BrN5OS/c1-11-5-4-8-21(9-11)14(23)10-24-16-20-19-15(22(16)18)12-6-2-3-7-13(12)17/h2-3,6-7,11H,4-5,8-10,18H2,1H3/t11-/m0/s1. The third-order valence-corrected chi connectivity index (χ3v) is 5.73. The van der Waals surface area contributed by atoms with Crippen molar-refractivity contribution in [3.63, 3.8) is 0 Å². The van der Waals surface area contributed by atoms with Crippen molar-refractivity contribution in [1.29, 1.82) is 0 Å². The first kappa shape index (κ1) is 17.3. The van der Waals surface area contributed by atoms with Crippen molar-refractivity contribution in [3.8, 4) is 11.4 Å². The predicted octanol–water partition coefficient (Wildman–Crippen LogP) is 2.77. The molecule has 6 nitrogen and oxygen atoms in total. The zero-order chi connectivity index (χ0) is 17.1. The molecule has 2 aromatic rings. The Kier molecular flexibility index (Phi) is 5.45. The Bertz CT molecular complexity index is 735. The second-order valence-corrected chi connectivity index (χ2v) is 7.83. The first-order valence-electron chi connectivity index (χ1n) is 7.92. The van der Waals surface area contributed by atoms with E-state index in [0.717, 1.165) is 29.5 Å². The van der Waals surface area contributed by atoms with Gasteiger partial charge in [0.15, 0.2) is 5.82 Å². The minimum Gasteiger partial charge on any atom is -0.342 e. The number of amides is 1. The van der Waals surface area contributed by atoms with Crippen LogP contribution < -0.4 is 5.84 Å². The molecule has 128 valence electrons. The fraction of sp³-hybridized carbons (Fsp3) is 0.438. The van der Waals surface area contributed by atoms with Crippen LogP contribution in [0.5, 0.6) is 0 Å². The topological polar surface area (TPSA) is 77.0 Å². The zero-order valence-corrected chi connectivity index (χ0v) is 15.9. The van der Waals surface area contributed by atoms with E-state index in [2.05, 4.69) is 33.1 Å². The van der Waals surface area contributed by atoms with Crippen LogP contribution in [-0.4, -0.2) is 44.5 Å². The van der Waals surface area contributed by atoms with Crippen LogP contribution in [0.4, 0.5) is 0 Å². The fourth-order valence-electron chi connectivity index (χ4n) is 2.84. The fourth-order valence-corrected chi connectivity index (χ4v) is 4.06. The third kappa shape index (κ3) is 3.75. The Labute approximate surface area is 153 Å². The molecule has 1 aliphatic rings. The van der Waals surface area contributed by atoms with Gasteiger partial charge >= 0.3 is 0 Å². The van der Waals surface area contributed by atoms with E-state index in [0.29, 0.717) is 22.7 Å². The Hall–Kier alpha value is -1.54. The lowest BCUT2D eigenvalue weighted by atomic mass is 10.0. The van der Waals surface area contributed by atoms with Gasteiger partial charge in [-0.25, -0.2) is 4.68 Å². The molecule has 2 heterocycles. The van der Waals surface area contributed by atoms with Gasteiger partial charge in [0.1, 0.15) is 0 Å². The first-order chi connectivity index (χ1) is 11.6. The molecule has 1 fully saturated rings. The highest BCUT2D eigenvalue weighted by Crippen LogP contribution is 2.28. The van der Waals surface area contributed by atoms with Crippen molar-refractivity contribution in [2.45, 2.75) is 24.9 Å². The van der Waals surface area contributed by atoms with Crippen molar-refractivity contribution >= 4 is 33.6 Å². The van der Waals surface area contributed by atoms with E-state index in [1.54, 1.807) is 0 Å². The summed E-state index contributed by atoms with van der Waals surface area (Å²) in [6.45, 7) is 3.88. The number of hydrogen-bond donors (Lipinski definition) is 1. The minimum atomic E-state index is 0.136. The zero-order valence-electron chi connectivity index (χ0n) is 13.5. The molecule has 2 N–H and O–H groups in total. The molecule has 0 spiro atoms. The van der Waals surface area contributed by atoms with E-state index < -0.39 is 0 Å². The van der Waals surface area contributed by atoms with Gasteiger partial charge in [-0.2, -0.15) is 0 Å². The van der Waals surface area contributed by atoms with E-state index in [9.17, 15) is 4.79 Å². The average molecular weight is 410 g/mol. The molecule has 1 aromatic carbocycles. The lowest BCUT2D eigenvalue weighted by molar-refractivity contribution is -0.130. The van der Waals surface area contributed by atoms with Gasteiger partial charge in [0, 0.05) is 23.1 Å². The SMILES string of the molecule is C[C@H]1CCCN(C(=O)CSc2nnc(-c3ccccc3Br)n2N)C1. The number of nitrogens with two attached hydrogens (primary N) is 1. The van der Waals surface area contributed by atoms with Gasteiger partial charge in [-0.1, -0.05) is 46.7 Å². The minimum absolute atomic E-state index is 0.136. The van der Waals surface area contributed by atoms with Gasteiger partial charge in [0.2, 0.25) is 11.1 Å². The highest BCUT2D eigenvalue weighted by Gasteiger charge is 2.22. The van der Waals surface area contributed by atoms with E-state index in [1.165, 1.54) is 22.9 Å². The number of nitrogen functional groups attached to an aromatic ring is 1. The van der Waals surface area contributed by atoms with E-state index in [4.69, 9.17) is 5.84 Å². The molecule has 3 rings (SSSR count). The second kappa shape index (κ2) is 7.57. The van der Waals surface area contributed by atoms with E-state index >= 15 is 0 Å². The molecule has 0 unspecified atom stereocenters. The number of carbonyl (C=O) groups is 1. The van der Waals surface area contributed by atoms with Crippen molar-refractivity contribution in [1.82, 2.24) is 19.8 Å². The summed E-state index contributed by atoms with van der Waals surface area (Å²) in [7, 11) is 0. The normalized spacial score (nSPS) is 17.9. The quantitative estimate of drug-likeness (QED) is 0.620. The van der Waals surface area contributed by atoms with Crippen LogP contribution >= 0.6 is 27.7 Å². The number of thioether (sulfide) groups is 1. The Balaban J connectivity index is 1.66. The molecule has 1 saturated heterocycles. The molecule has 0 bridgehead atoms. The van der Waals surface area contributed by atoms with Crippen molar-refractivity contribution in [2.75, 3.05) is 24.7 Å². The summed E-state index contributed by atoms with van der Waals surface area (Å²) in [6, 6.07) is 7.70. The summed E-state index contributed by atoms with van der Waals surface area (Å²) in [5.41, 5.74) is 0.871. The molecule has 1 aliphatic heterocycles. The average Bonchev–Trinajstić information content (AvgIpc) is 2.94. The summed E-state index contributed by atoms with van der Waals surface area (Å²) in [4.78, 5) is 14.3. The van der Waals surface area contributed by atoms with Gasteiger partial charge < -0.3 is 10.7 Å². The molecule has 24 heavy (non-hydrogen) atoms. The van der Waals surface area contributed by atoms with Crippen LogP contribution in [0.1, 0.15) is 19.8 Å². The summed E-state index contributed by atoms with van der Waals surface area (Å²) >= 11 is 4.82. The number of halogens is 1. The highest BCUT2D eigenvalue weighted by atomic mass is 79.9. The third-order valence-electron chi connectivity index (χ3n) is 4.11. The molecule has 0 aliphatic carbocycles. The van der Waals surface area contributed by atoms with Gasteiger partial charge in [0.25, 0.3) is 0 Å². The summed E-state index contributed by atoms with van der Waals surface area (Å²) in [5, 5.41) is 8.83. The van der Waals surface area contributed by atoms with Crippen molar-refractivity contribution in [3.05, 3.63) is 28.7 Å². The smallest absolute Gasteiger partial charge is 0.233 e. The number of piperidine rings is 1. The van der Waals surface area contributed by atoms with Gasteiger partial charge in [-0.15, -0.1) is 10.2 Å². The molecular formula is C16H20BrN5OS. The molecule has 1 amide bonds. The number of nitrogens with zero attached hydrogens (tertiary/aromatic N) is 4. The lowest BCUT2D eigenvalue weighted by Crippen LogP contribution is -2.40. The van der Waals surface area contributed by atoms with Gasteiger partial charge in [-0.3, -0.25) is 4.79 Å². The maximum atomic E-state index is 12.4. The number of carbonyl (C=O) groups excluding carboxylic acids is 1. The molecule has 0 saturated carbocycles. The first-order valence-corrected chi connectivity index (χ1v) is 9.70. The maximum Gasteiger partial charge on any atom is 0.233 e. The summed E-state index contributed by atoms with van der Waals surface area (Å²) in [5.74, 6) is 7.73. The van der Waals surface area contributed by atoms with E-state index in [-0.39, 0.29) is 5.91 Å². The van der Waals surface area contributed by atoms with Gasteiger partial charge in [0.05, 0.1) is 5.75 Å². The predicted molar refractivity (Wildman–Crippen MR) is 99.0 cm³/mol. The number of hydrogen-bond acceptors (Lipinski definition) is 5. The van der Waals surface area contributed by atoms with Crippen LogP contribution in [0, 0.1) is 5.92 Å². The second-order valence-electron chi connectivity index (χ2n) is 6.03. The van der Waals surface area contributed by atoms with Crippen LogP contribution in [0.2, 0.25) is 0 Å². The van der Waals surface area contributed by atoms with Gasteiger partial charge in [-0.05, 0) is 30.9 Å². The van der Waals surface area contributed by atoms with Crippen LogP contribution in [0.3, 0.4) is 0 Å². The number of likely N-dealkylation sites (tertiary alicyclic amines) is 1. The largest absolute Gasteiger partial charge is 0.342 e. The van der Waals surface area contributed by atoms with Crippen LogP contribution in [-0.2, 0) is 4.79 Å². The Morgan fingerprint density at radius 2 is 2.21 bits per heavy atom. The molecular weight excluding hydrogens is 390 g/mol. The van der Waals surface area contributed by atoms with Crippen molar-refractivity contribution in [2.24, 2.45) is 5.92 Å². The molecule has 8 heteroatoms. The summed E-state index contributed by atoms with van der Waals surface area (Å²) in [6.07, 6.45) is 2.28. The number of rotatable bonds is 4. The molecule has 1 aromatic heterocycles. The lowest BCUT2D eigenvalue weighted by Gasteiger charge is -2.30. The summed E-state index contributed by atoms with van der Waals surface area (Å²) < 4.78 is 2.34. The Morgan fingerprint density at radius 3 is 2.96 bits per heavy atom. The monoisotopic (exact) mass is 409 g/mol. The molecule has 1 atom stereocenters. The maximum absolute atomic E-state index is 12.4. The highest BCUT2D eigenvalue weighted by molar-refractivity contribution is 9.10. The van der Waals surface area contributed by atoms with E-state index in [1.807, 2.05) is 29.2 Å². The molecule has 0 radical (unpaired) electrons. The van der Waals surface area contributed by atoms with Crippen LogP contribution in [0.15, 0.2) is 33.9 Å². The van der Waals surface area contributed by atoms with Crippen molar-refractivity contribution < 1.29 is 4.79 Å². The number of aromatic nitrogens is 3. The Morgan fingerprint density at radius 1 is 1.42 bits per heavy atom. The number of benzene rings is 1.